The third-order valence-electron chi connectivity index (χ3n) is 5.96. The van der Waals surface area contributed by atoms with Crippen LogP contribution in [0.25, 0.3) is 22.3 Å². The number of amides is 1. The first-order valence-corrected chi connectivity index (χ1v) is 11.4. The highest BCUT2D eigenvalue weighted by atomic mass is 16.3. The molecule has 0 aliphatic carbocycles. The molecule has 8 nitrogen and oxygen atoms in total. The lowest BCUT2D eigenvalue weighted by atomic mass is 10.0. The molecule has 0 aliphatic heterocycles. The maximum atomic E-state index is 13.5. The highest BCUT2D eigenvalue weighted by Gasteiger charge is 2.20. The molecule has 0 aliphatic rings. The molecule has 4 aromatic heterocycles. The van der Waals surface area contributed by atoms with E-state index in [1.807, 2.05) is 56.6 Å². The van der Waals surface area contributed by atoms with Crippen molar-refractivity contribution in [1.29, 1.82) is 0 Å². The maximum Gasteiger partial charge on any atom is 0.252 e. The van der Waals surface area contributed by atoms with Crippen LogP contribution in [0, 0.1) is 0 Å². The first-order valence-electron chi connectivity index (χ1n) is 11.4. The van der Waals surface area contributed by atoms with Gasteiger partial charge in [0.2, 0.25) is 0 Å². The predicted octanol–water partition coefficient (Wildman–Crippen LogP) is 4.17. The Hall–Kier alpha value is -4.30. The third kappa shape index (κ3) is 4.83. The van der Waals surface area contributed by atoms with Crippen molar-refractivity contribution < 1.29 is 9.21 Å². The molecule has 1 N–H and O–H groups in total. The number of pyridine rings is 2. The molecule has 0 radical (unpaired) electrons. The molecule has 176 valence electrons. The van der Waals surface area contributed by atoms with Crippen molar-refractivity contribution in [3.8, 4) is 11.3 Å². The average molecular weight is 467 g/mol. The number of hydrogen-bond donors (Lipinski definition) is 1. The monoisotopic (exact) mass is 466 g/mol. The average Bonchev–Trinajstić information content (AvgIpc) is 3.55. The van der Waals surface area contributed by atoms with Gasteiger partial charge >= 0.3 is 0 Å². The van der Waals surface area contributed by atoms with E-state index in [0.717, 1.165) is 16.9 Å². The van der Waals surface area contributed by atoms with E-state index < -0.39 is 0 Å². The lowest BCUT2D eigenvalue weighted by Gasteiger charge is -2.25. The number of nitrogens with zero attached hydrogens (tertiary/aromatic N) is 5. The second-order valence-electron chi connectivity index (χ2n) is 8.52. The lowest BCUT2D eigenvalue weighted by Crippen LogP contribution is -2.34. The van der Waals surface area contributed by atoms with E-state index in [1.54, 1.807) is 35.6 Å². The summed E-state index contributed by atoms with van der Waals surface area (Å²) in [6.07, 6.45) is 6.76. The van der Waals surface area contributed by atoms with Gasteiger partial charge in [0.1, 0.15) is 12.3 Å². The van der Waals surface area contributed by atoms with Crippen molar-refractivity contribution in [2.45, 2.75) is 12.6 Å². The SMILES string of the molecule is CN(C)C(CNC(=O)c1cc(-c2cccnc2)nc2c1cnn2Cc1ccco1)c1ccccc1. The summed E-state index contributed by atoms with van der Waals surface area (Å²) >= 11 is 0. The summed E-state index contributed by atoms with van der Waals surface area (Å²) < 4.78 is 7.24. The Labute approximate surface area is 203 Å². The second kappa shape index (κ2) is 9.90. The molecule has 1 atom stereocenters. The first kappa shape index (κ1) is 22.5. The minimum Gasteiger partial charge on any atom is -0.467 e. The molecule has 0 bridgehead atoms. The van der Waals surface area contributed by atoms with Gasteiger partial charge in [-0.25, -0.2) is 9.67 Å². The zero-order valence-corrected chi connectivity index (χ0v) is 19.6. The number of furan rings is 1. The van der Waals surface area contributed by atoms with Crippen LogP contribution >= 0.6 is 0 Å². The smallest absolute Gasteiger partial charge is 0.252 e. The molecule has 5 aromatic rings. The van der Waals surface area contributed by atoms with Crippen LogP contribution in [0.4, 0.5) is 0 Å². The number of hydrogen-bond acceptors (Lipinski definition) is 6. The quantitative estimate of drug-likeness (QED) is 0.369. The van der Waals surface area contributed by atoms with Gasteiger partial charge in [-0.2, -0.15) is 5.10 Å². The Morgan fingerprint density at radius 1 is 1.09 bits per heavy atom. The molecule has 0 saturated carbocycles. The van der Waals surface area contributed by atoms with Crippen LogP contribution in [0.5, 0.6) is 0 Å². The van der Waals surface area contributed by atoms with E-state index in [-0.39, 0.29) is 11.9 Å². The maximum absolute atomic E-state index is 13.5. The van der Waals surface area contributed by atoms with Gasteiger partial charge in [-0.3, -0.25) is 9.78 Å². The van der Waals surface area contributed by atoms with Crippen LogP contribution in [0.2, 0.25) is 0 Å². The van der Waals surface area contributed by atoms with Crippen molar-refractivity contribution >= 4 is 16.9 Å². The van der Waals surface area contributed by atoms with Gasteiger partial charge < -0.3 is 14.6 Å². The van der Waals surface area contributed by atoms with Gasteiger partial charge in [-0.1, -0.05) is 30.3 Å². The molecule has 8 heteroatoms. The number of carbonyl (C=O) groups excluding carboxylic acids is 1. The molecule has 35 heavy (non-hydrogen) atoms. The Morgan fingerprint density at radius 3 is 2.66 bits per heavy atom. The summed E-state index contributed by atoms with van der Waals surface area (Å²) in [6, 6.07) is 19.5. The summed E-state index contributed by atoms with van der Waals surface area (Å²) in [5, 5.41) is 8.32. The molecular weight excluding hydrogens is 440 g/mol. The normalized spacial score (nSPS) is 12.2. The Balaban J connectivity index is 1.50. The Bertz CT molecular complexity index is 1410. The number of aromatic nitrogens is 4. The van der Waals surface area contributed by atoms with Gasteiger partial charge in [0.25, 0.3) is 5.91 Å². The predicted molar refractivity (Wildman–Crippen MR) is 134 cm³/mol. The number of benzene rings is 1. The molecule has 0 spiro atoms. The van der Waals surface area contributed by atoms with Crippen LogP contribution in [0.3, 0.4) is 0 Å². The summed E-state index contributed by atoms with van der Waals surface area (Å²) in [5.74, 6) is 0.578. The van der Waals surface area contributed by atoms with E-state index in [1.165, 1.54) is 0 Å². The van der Waals surface area contributed by atoms with Gasteiger partial charge in [-0.05, 0) is 50.0 Å². The summed E-state index contributed by atoms with van der Waals surface area (Å²) in [7, 11) is 4.02. The van der Waals surface area contributed by atoms with Gasteiger partial charge in [-0.15, -0.1) is 0 Å². The van der Waals surface area contributed by atoms with Crippen molar-refractivity contribution in [3.63, 3.8) is 0 Å². The van der Waals surface area contributed by atoms with Gasteiger partial charge in [0.05, 0.1) is 35.1 Å². The zero-order chi connectivity index (χ0) is 24.2. The Morgan fingerprint density at radius 2 is 1.94 bits per heavy atom. The molecule has 1 amide bonds. The molecule has 0 fully saturated rings. The molecule has 0 saturated heterocycles. The second-order valence-corrected chi connectivity index (χ2v) is 8.52. The van der Waals surface area contributed by atoms with Crippen LogP contribution < -0.4 is 5.32 Å². The van der Waals surface area contributed by atoms with E-state index in [9.17, 15) is 4.79 Å². The standard InChI is InChI=1S/C27H26N6O2/c1-32(2)25(19-8-4-3-5-9-19)17-29-27(34)22-14-24(20-10-6-12-28-15-20)31-26-23(22)16-30-33(26)18-21-11-7-13-35-21/h3-16,25H,17-18H2,1-2H3,(H,29,34). The fraction of sp³-hybridized carbons (Fsp3) is 0.185. The molecule has 5 rings (SSSR count). The van der Waals surface area contributed by atoms with E-state index in [0.29, 0.717) is 35.4 Å². The van der Waals surface area contributed by atoms with Crippen molar-refractivity contribution in [3.05, 3.63) is 102 Å². The third-order valence-corrected chi connectivity index (χ3v) is 5.96. The first-order chi connectivity index (χ1) is 17.1. The van der Waals surface area contributed by atoms with Gasteiger partial charge in [0.15, 0.2) is 5.65 Å². The van der Waals surface area contributed by atoms with E-state index in [2.05, 4.69) is 32.4 Å². The number of nitrogens with one attached hydrogen (secondary N) is 1. The van der Waals surface area contributed by atoms with E-state index >= 15 is 0 Å². The fourth-order valence-corrected chi connectivity index (χ4v) is 4.12. The number of carbonyl (C=O) groups is 1. The number of rotatable bonds is 8. The minimum atomic E-state index is -0.178. The van der Waals surface area contributed by atoms with Crippen LogP contribution in [0.1, 0.15) is 27.7 Å². The number of likely N-dealkylation sites (N-methyl/N-ethyl adjacent to an activating group) is 1. The fourth-order valence-electron chi connectivity index (χ4n) is 4.12. The highest BCUT2D eigenvalue weighted by molar-refractivity contribution is 6.06. The van der Waals surface area contributed by atoms with Crippen LogP contribution in [0.15, 0.2) is 89.9 Å². The molecule has 1 unspecified atom stereocenters. The minimum absolute atomic E-state index is 0.0388. The highest BCUT2D eigenvalue weighted by Crippen LogP contribution is 2.25. The van der Waals surface area contributed by atoms with Gasteiger partial charge in [0, 0.05) is 24.5 Å². The van der Waals surface area contributed by atoms with Crippen LogP contribution in [-0.4, -0.2) is 51.2 Å². The van der Waals surface area contributed by atoms with E-state index in [4.69, 9.17) is 9.40 Å². The van der Waals surface area contributed by atoms with Crippen LogP contribution in [-0.2, 0) is 6.54 Å². The molecular formula is C27H26N6O2. The topological polar surface area (TPSA) is 89.1 Å². The lowest BCUT2D eigenvalue weighted by molar-refractivity contribution is 0.0943. The largest absolute Gasteiger partial charge is 0.467 e. The van der Waals surface area contributed by atoms with Crippen molar-refractivity contribution in [2.75, 3.05) is 20.6 Å². The molecule has 4 heterocycles. The molecule has 1 aromatic carbocycles. The van der Waals surface area contributed by atoms with Crippen molar-refractivity contribution in [2.24, 2.45) is 0 Å². The zero-order valence-electron chi connectivity index (χ0n) is 19.6. The number of fused-ring (bicyclic) bond motifs is 1. The van der Waals surface area contributed by atoms with Crippen molar-refractivity contribution in [1.82, 2.24) is 30.0 Å². The summed E-state index contributed by atoms with van der Waals surface area (Å²) in [6.45, 7) is 0.875. The summed E-state index contributed by atoms with van der Waals surface area (Å²) in [4.78, 5) is 24.6. The Kier molecular flexibility index (Phi) is 6.36. The summed E-state index contributed by atoms with van der Waals surface area (Å²) in [5.41, 5.74) is 3.75.